The van der Waals surface area contributed by atoms with Crippen LogP contribution in [0.15, 0.2) is 36.7 Å². The highest BCUT2D eigenvalue weighted by molar-refractivity contribution is 7.33. The number of nitrogen functional groups attached to an aromatic ring is 1. The molecule has 1 saturated heterocycles. The van der Waals surface area contributed by atoms with Crippen molar-refractivity contribution in [2.45, 2.75) is 30.7 Å². The molecule has 2 unspecified atom stereocenters. The summed E-state index contributed by atoms with van der Waals surface area (Å²) < 4.78 is 49.7. The average molecular weight is 493 g/mol. The molecular formula is C20H21FN5O7P. The third-order valence-corrected chi connectivity index (χ3v) is 5.79. The number of para-hydroxylation sites is 1. The van der Waals surface area contributed by atoms with Crippen LogP contribution in [0, 0.1) is 12.3 Å². The number of hydrogen-bond acceptors (Lipinski definition) is 11. The van der Waals surface area contributed by atoms with Gasteiger partial charge in [-0.1, -0.05) is 24.1 Å². The number of halogens is 1. The number of ether oxygens (including phenoxy) is 2. The van der Waals surface area contributed by atoms with Crippen molar-refractivity contribution in [3.63, 3.8) is 0 Å². The second kappa shape index (κ2) is 9.17. The second-order valence-electron chi connectivity index (χ2n) is 7.23. The third kappa shape index (κ3) is 4.18. The molecule has 3 heterocycles. The van der Waals surface area contributed by atoms with Gasteiger partial charge in [-0.05, 0) is 19.1 Å². The minimum Gasteiger partial charge on any atom is -0.476 e. The van der Waals surface area contributed by atoms with Crippen LogP contribution in [0.1, 0.15) is 13.2 Å². The number of fused-ring (bicyclic) bond motifs is 1. The van der Waals surface area contributed by atoms with Gasteiger partial charge in [0.1, 0.15) is 12.4 Å². The lowest BCUT2D eigenvalue weighted by Gasteiger charge is -2.26. The van der Waals surface area contributed by atoms with Crippen LogP contribution in [0.2, 0.25) is 0 Å². The normalized spacial score (nSPS) is 27.4. The Morgan fingerprint density at radius 3 is 2.79 bits per heavy atom. The summed E-state index contributed by atoms with van der Waals surface area (Å²) in [5, 5.41) is 21.6. The van der Waals surface area contributed by atoms with Crippen LogP contribution in [-0.2, 0) is 13.8 Å². The van der Waals surface area contributed by atoms with Crippen molar-refractivity contribution in [2.24, 2.45) is 0 Å². The van der Waals surface area contributed by atoms with Crippen molar-refractivity contribution in [2.75, 3.05) is 18.9 Å². The molecule has 180 valence electrons. The lowest BCUT2D eigenvalue weighted by atomic mass is 9.94. The number of nitrogens with zero attached hydrogens (tertiary/aromatic N) is 4. The van der Waals surface area contributed by atoms with Crippen molar-refractivity contribution in [1.29, 1.82) is 0 Å². The molecule has 5 atom stereocenters. The van der Waals surface area contributed by atoms with Crippen molar-refractivity contribution in [3.05, 3.63) is 36.7 Å². The first-order valence-corrected chi connectivity index (χ1v) is 11.2. The Kier molecular flexibility index (Phi) is 6.44. The van der Waals surface area contributed by atoms with Crippen LogP contribution in [0.25, 0.3) is 11.2 Å². The van der Waals surface area contributed by atoms with E-state index in [-0.39, 0.29) is 35.3 Å². The van der Waals surface area contributed by atoms with Crippen LogP contribution in [0.5, 0.6) is 11.6 Å². The number of imidazole rings is 1. The fourth-order valence-corrected chi connectivity index (χ4v) is 4.12. The van der Waals surface area contributed by atoms with Crippen LogP contribution in [0.4, 0.5) is 10.3 Å². The molecule has 0 saturated carbocycles. The minimum absolute atomic E-state index is 0.00739. The van der Waals surface area contributed by atoms with Crippen molar-refractivity contribution in [1.82, 2.24) is 19.5 Å². The molecule has 0 radical (unpaired) electrons. The molecule has 12 nitrogen and oxygen atoms in total. The number of alkyl halides is 1. The first-order valence-electron chi connectivity index (χ1n) is 9.99. The predicted molar refractivity (Wildman–Crippen MR) is 117 cm³/mol. The molecule has 1 aliphatic heterocycles. The van der Waals surface area contributed by atoms with Crippen molar-refractivity contribution >= 4 is 25.4 Å². The number of hydrogen-bond donors (Lipinski definition) is 3. The van der Waals surface area contributed by atoms with Gasteiger partial charge in [0, 0.05) is 0 Å². The van der Waals surface area contributed by atoms with Crippen molar-refractivity contribution < 1.29 is 37.7 Å². The Morgan fingerprint density at radius 1 is 1.38 bits per heavy atom. The number of aromatic nitrogens is 4. The van der Waals surface area contributed by atoms with E-state index in [1.165, 1.54) is 12.1 Å². The number of aliphatic hydroxyl groups is 2. The molecule has 14 heteroatoms. The van der Waals surface area contributed by atoms with Gasteiger partial charge in [0.2, 0.25) is 17.4 Å². The molecule has 0 aliphatic carbocycles. The minimum atomic E-state index is -3.24. The van der Waals surface area contributed by atoms with Gasteiger partial charge in [0.05, 0.1) is 12.9 Å². The van der Waals surface area contributed by atoms with Gasteiger partial charge in [0.15, 0.2) is 23.5 Å². The zero-order valence-corrected chi connectivity index (χ0v) is 18.8. The maximum Gasteiger partial charge on any atom is 0.368 e. The average Bonchev–Trinajstić information content (AvgIpc) is 3.32. The number of rotatable bonds is 8. The van der Waals surface area contributed by atoms with E-state index in [0.717, 1.165) is 10.9 Å². The molecule has 4 rings (SSSR count). The molecule has 1 fully saturated rings. The zero-order chi connectivity index (χ0) is 24.5. The smallest absolute Gasteiger partial charge is 0.368 e. The Bertz CT molecular complexity index is 1260. The maximum atomic E-state index is 15.7. The third-order valence-electron chi connectivity index (χ3n) is 5.01. The molecule has 0 bridgehead atoms. The van der Waals surface area contributed by atoms with Crippen molar-refractivity contribution in [3.8, 4) is 24.0 Å². The second-order valence-corrected chi connectivity index (χ2v) is 8.22. The summed E-state index contributed by atoms with van der Waals surface area (Å²) in [6.45, 7) is 0.910. The molecule has 1 aliphatic rings. The van der Waals surface area contributed by atoms with Gasteiger partial charge in [-0.3, -0.25) is 9.09 Å². The van der Waals surface area contributed by atoms with Crippen LogP contribution in [-0.4, -0.2) is 60.5 Å². The Balaban J connectivity index is 1.61. The van der Waals surface area contributed by atoms with E-state index in [2.05, 4.69) is 15.0 Å². The SMILES string of the molecule is C#C[C@]1(O)C(n2cnc3c(OCC)nc(N)nc32)O[C@](F)(CO[PH](=O)Oc2ccccc2)[C@H]1O. The summed E-state index contributed by atoms with van der Waals surface area (Å²) in [6, 6.07) is 8.07. The summed E-state index contributed by atoms with van der Waals surface area (Å²) in [6.07, 6.45) is 2.57. The highest BCUT2D eigenvalue weighted by Crippen LogP contribution is 2.47. The van der Waals surface area contributed by atoms with E-state index in [1.54, 1.807) is 25.1 Å². The van der Waals surface area contributed by atoms with E-state index in [1.807, 2.05) is 5.92 Å². The molecule has 0 spiro atoms. The van der Waals surface area contributed by atoms with Gasteiger partial charge in [-0.15, -0.1) is 6.42 Å². The fraction of sp³-hybridized carbons (Fsp3) is 0.350. The molecule has 34 heavy (non-hydrogen) atoms. The Morgan fingerprint density at radius 2 is 2.12 bits per heavy atom. The summed E-state index contributed by atoms with van der Waals surface area (Å²) >= 11 is 0. The lowest BCUT2D eigenvalue weighted by Crippen LogP contribution is -2.50. The molecule has 4 N–H and O–H groups in total. The largest absolute Gasteiger partial charge is 0.476 e. The van der Waals surface area contributed by atoms with Gasteiger partial charge < -0.3 is 29.9 Å². The van der Waals surface area contributed by atoms with Gasteiger partial charge in [-0.2, -0.15) is 9.97 Å². The van der Waals surface area contributed by atoms with Crippen LogP contribution >= 0.6 is 8.25 Å². The van der Waals surface area contributed by atoms with Gasteiger partial charge in [0.25, 0.3) is 5.85 Å². The van der Waals surface area contributed by atoms with E-state index >= 15 is 4.39 Å². The van der Waals surface area contributed by atoms with E-state index < -0.39 is 38.6 Å². The van der Waals surface area contributed by atoms with Crippen LogP contribution in [0.3, 0.4) is 0 Å². The summed E-state index contributed by atoms with van der Waals surface area (Å²) in [7, 11) is -3.24. The first-order chi connectivity index (χ1) is 16.2. The highest BCUT2D eigenvalue weighted by atomic mass is 31.1. The number of nitrogens with two attached hydrogens (primary N) is 1. The Hall–Kier alpha value is -3.27. The number of benzene rings is 1. The topological polar surface area (TPSA) is 164 Å². The predicted octanol–water partition coefficient (Wildman–Crippen LogP) is 1.21. The zero-order valence-electron chi connectivity index (χ0n) is 17.8. The Labute approximate surface area is 193 Å². The summed E-state index contributed by atoms with van der Waals surface area (Å²) in [4.78, 5) is 12.1. The standard InChI is InChI=1S/C20H21FN5O7P/c1-3-19(28)16(27)20(21,10-31-34(29)33-12-8-6-5-7-9-12)32-17(19)26-11-23-13-14(26)24-18(22)25-15(13)30-4-2/h1,5-9,11,16-17,27-28,34H,4,10H2,2H3,(H2,22,24,25)/t16-,17?,19+,20+/m0/s1. The van der Waals surface area contributed by atoms with Gasteiger partial charge in [-0.25, -0.2) is 13.9 Å². The highest BCUT2D eigenvalue weighted by Gasteiger charge is 2.65. The quantitative estimate of drug-likeness (QED) is 0.305. The summed E-state index contributed by atoms with van der Waals surface area (Å²) in [5.74, 6) is -1.01. The first kappa shape index (κ1) is 23.9. The van der Waals surface area contributed by atoms with Crippen LogP contribution < -0.4 is 15.0 Å². The number of terminal acetylenes is 1. The van der Waals surface area contributed by atoms with Gasteiger partial charge >= 0.3 is 8.25 Å². The molecular weight excluding hydrogens is 472 g/mol. The maximum absolute atomic E-state index is 15.7. The molecule has 2 aromatic heterocycles. The van der Waals surface area contributed by atoms with E-state index in [0.29, 0.717) is 0 Å². The van der Waals surface area contributed by atoms with E-state index in [4.69, 9.17) is 30.7 Å². The number of aliphatic hydroxyl groups excluding tert-OH is 1. The fourth-order valence-electron chi connectivity index (χ4n) is 3.42. The molecule has 3 aromatic rings. The number of anilines is 1. The summed E-state index contributed by atoms with van der Waals surface area (Å²) in [5.41, 5.74) is 3.29. The van der Waals surface area contributed by atoms with E-state index in [9.17, 15) is 14.8 Å². The monoisotopic (exact) mass is 493 g/mol. The molecule has 0 amide bonds. The molecule has 1 aromatic carbocycles. The lowest BCUT2D eigenvalue weighted by molar-refractivity contribution is -0.202.